The second kappa shape index (κ2) is 11.0. The Hall–Kier alpha value is -2.62. The van der Waals surface area contributed by atoms with Crippen molar-refractivity contribution in [1.82, 2.24) is 10.2 Å². The fraction of sp³-hybridized carbons (Fsp3) is 0.345. The molecule has 1 saturated heterocycles. The Balaban J connectivity index is 1.46. The van der Waals surface area contributed by atoms with E-state index in [1.165, 1.54) is 16.7 Å². The van der Waals surface area contributed by atoms with Crippen molar-refractivity contribution in [3.8, 4) is 0 Å². The molecule has 0 spiro atoms. The lowest BCUT2D eigenvalue weighted by molar-refractivity contribution is -0.111. The van der Waals surface area contributed by atoms with Gasteiger partial charge in [0.05, 0.1) is 6.17 Å². The van der Waals surface area contributed by atoms with E-state index in [1.807, 2.05) is 12.1 Å². The first kappa shape index (κ1) is 23.5. The highest BCUT2D eigenvalue weighted by molar-refractivity contribution is 6.30. The Morgan fingerprint density at radius 3 is 2.00 bits per heavy atom. The van der Waals surface area contributed by atoms with E-state index in [0.717, 1.165) is 50.2 Å². The highest BCUT2D eigenvalue weighted by Crippen LogP contribution is 2.37. The maximum atomic E-state index is 11.5. The van der Waals surface area contributed by atoms with Crippen molar-refractivity contribution < 1.29 is 4.79 Å². The summed E-state index contributed by atoms with van der Waals surface area (Å²) in [5.74, 6) is 0.550. The molecular weight excluding hydrogens is 428 g/mol. The number of amides is 1. The van der Waals surface area contributed by atoms with Gasteiger partial charge in [-0.05, 0) is 60.4 Å². The molecule has 0 radical (unpaired) electrons. The number of halogens is 1. The van der Waals surface area contributed by atoms with Crippen molar-refractivity contribution >= 4 is 18.0 Å². The monoisotopic (exact) mass is 460 g/mol. The molecule has 1 fully saturated rings. The molecule has 172 valence electrons. The molecule has 1 heterocycles. The molecular formula is C29H33ClN2O. The summed E-state index contributed by atoms with van der Waals surface area (Å²) in [7, 11) is 0. The highest BCUT2D eigenvalue weighted by Gasteiger charge is 2.32. The molecule has 0 saturated carbocycles. The van der Waals surface area contributed by atoms with Gasteiger partial charge in [0.1, 0.15) is 0 Å². The summed E-state index contributed by atoms with van der Waals surface area (Å²) in [6.07, 6.45) is 4.92. The minimum atomic E-state index is -0.118. The lowest BCUT2D eigenvalue weighted by Gasteiger charge is -2.39. The van der Waals surface area contributed by atoms with Crippen LogP contribution in [0.2, 0.25) is 5.02 Å². The SMILES string of the molecule is CC(CCC(NC=O)N1CCC(c2ccc(Cl)cc2)CC1)(c1ccccc1)c1ccccc1. The number of benzene rings is 3. The van der Waals surface area contributed by atoms with E-state index < -0.39 is 0 Å². The number of rotatable bonds is 9. The summed E-state index contributed by atoms with van der Waals surface area (Å²) in [4.78, 5) is 13.9. The molecule has 0 bridgehead atoms. The molecule has 0 aliphatic carbocycles. The van der Waals surface area contributed by atoms with Crippen LogP contribution in [-0.2, 0) is 10.2 Å². The van der Waals surface area contributed by atoms with Crippen LogP contribution in [0.5, 0.6) is 0 Å². The van der Waals surface area contributed by atoms with Gasteiger partial charge in [-0.1, -0.05) is 91.3 Å². The molecule has 1 unspecified atom stereocenters. The summed E-state index contributed by atoms with van der Waals surface area (Å²) < 4.78 is 0. The summed E-state index contributed by atoms with van der Waals surface area (Å²) >= 11 is 6.06. The molecule has 3 aromatic carbocycles. The molecule has 4 heteroatoms. The van der Waals surface area contributed by atoms with E-state index in [1.54, 1.807) is 0 Å². The maximum absolute atomic E-state index is 11.5. The van der Waals surface area contributed by atoms with Gasteiger partial charge in [0, 0.05) is 23.5 Å². The van der Waals surface area contributed by atoms with Crippen molar-refractivity contribution in [3.05, 3.63) is 107 Å². The molecule has 3 nitrogen and oxygen atoms in total. The van der Waals surface area contributed by atoms with Crippen LogP contribution in [0.3, 0.4) is 0 Å². The first-order valence-corrected chi connectivity index (χ1v) is 12.3. The number of hydrogen-bond donors (Lipinski definition) is 1. The molecule has 4 rings (SSSR count). The highest BCUT2D eigenvalue weighted by atomic mass is 35.5. The molecule has 1 aliphatic rings. The van der Waals surface area contributed by atoms with E-state index in [4.69, 9.17) is 11.6 Å². The van der Waals surface area contributed by atoms with Crippen molar-refractivity contribution in [2.75, 3.05) is 13.1 Å². The molecule has 1 amide bonds. The van der Waals surface area contributed by atoms with Gasteiger partial charge >= 0.3 is 0 Å². The number of carbonyl (C=O) groups excluding carboxylic acids is 1. The predicted octanol–water partition coefficient (Wildman–Crippen LogP) is 6.38. The van der Waals surface area contributed by atoms with E-state index in [-0.39, 0.29) is 11.6 Å². The van der Waals surface area contributed by atoms with Gasteiger partial charge in [-0.15, -0.1) is 0 Å². The van der Waals surface area contributed by atoms with E-state index >= 15 is 0 Å². The molecule has 0 aromatic heterocycles. The Kier molecular flexibility index (Phi) is 7.85. The Bertz CT molecular complexity index is 959. The first-order chi connectivity index (χ1) is 16.1. The zero-order valence-electron chi connectivity index (χ0n) is 19.3. The number of hydrogen-bond acceptors (Lipinski definition) is 2. The van der Waals surface area contributed by atoms with E-state index in [9.17, 15) is 4.79 Å². The van der Waals surface area contributed by atoms with Gasteiger partial charge in [0.2, 0.25) is 6.41 Å². The van der Waals surface area contributed by atoms with Crippen molar-refractivity contribution in [2.24, 2.45) is 0 Å². The molecule has 1 N–H and O–H groups in total. The van der Waals surface area contributed by atoms with Crippen molar-refractivity contribution in [3.63, 3.8) is 0 Å². The second-order valence-electron chi connectivity index (χ2n) is 9.26. The van der Waals surface area contributed by atoms with Gasteiger partial charge in [-0.25, -0.2) is 0 Å². The first-order valence-electron chi connectivity index (χ1n) is 11.9. The van der Waals surface area contributed by atoms with Crippen LogP contribution in [0.4, 0.5) is 0 Å². The summed E-state index contributed by atoms with van der Waals surface area (Å²) in [6.45, 7) is 4.28. The lowest BCUT2D eigenvalue weighted by atomic mass is 9.72. The second-order valence-corrected chi connectivity index (χ2v) is 9.70. The van der Waals surface area contributed by atoms with Gasteiger partial charge in [-0.3, -0.25) is 9.69 Å². The number of nitrogens with zero attached hydrogens (tertiary/aromatic N) is 1. The maximum Gasteiger partial charge on any atom is 0.208 e. The molecule has 33 heavy (non-hydrogen) atoms. The standard InChI is InChI=1S/C29H33ClN2O/c1-29(25-8-4-2-5-9-25,26-10-6-3-7-11-26)19-16-28(31-22-33)32-20-17-24(18-21-32)23-12-14-27(30)15-13-23/h2-15,22,24,28H,16-21H2,1H3,(H,31,33). The predicted molar refractivity (Wildman–Crippen MR) is 137 cm³/mol. The number of piperidine rings is 1. The van der Waals surface area contributed by atoms with Gasteiger partial charge < -0.3 is 5.32 Å². The third-order valence-corrected chi connectivity index (χ3v) is 7.56. The summed E-state index contributed by atoms with van der Waals surface area (Å²) in [6, 6.07) is 29.7. The number of carbonyl (C=O) groups is 1. The van der Waals surface area contributed by atoms with Crippen LogP contribution in [0.25, 0.3) is 0 Å². The normalized spacial score (nSPS) is 16.3. The third kappa shape index (κ3) is 5.66. The molecule has 3 aromatic rings. The van der Waals surface area contributed by atoms with E-state index in [2.05, 4.69) is 89.9 Å². The van der Waals surface area contributed by atoms with Crippen molar-refractivity contribution in [2.45, 2.75) is 50.1 Å². The summed E-state index contributed by atoms with van der Waals surface area (Å²) in [5, 5.41) is 3.90. The third-order valence-electron chi connectivity index (χ3n) is 7.31. The zero-order valence-corrected chi connectivity index (χ0v) is 20.0. The van der Waals surface area contributed by atoms with Crippen LogP contribution < -0.4 is 5.32 Å². The average molecular weight is 461 g/mol. The smallest absolute Gasteiger partial charge is 0.208 e. The zero-order chi connectivity index (χ0) is 23.1. The number of nitrogens with one attached hydrogen (secondary N) is 1. The number of likely N-dealkylation sites (tertiary alicyclic amines) is 1. The lowest BCUT2D eigenvalue weighted by Crippen LogP contribution is -2.49. The Morgan fingerprint density at radius 2 is 1.48 bits per heavy atom. The van der Waals surface area contributed by atoms with Crippen LogP contribution in [0.1, 0.15) is 55.2 Å². The summed E-state index contributed by atoms with van der Waals surface area (Å²) in [5.41, 5.74) is 3.86. The van der Waals surface area contributed by atoms with Gasteiger partial charge in [0.15, 0.2) is 0 Å². The Morgan fingerprint density at radius 1 is 0.939 bits per heavy atom. The Labute approximate surface area is 202 Å². The minimum Gasteiger partial charge on any atom is -0.343 e. The van der Waals surface area contributed by atoms with Crippen LogP contribution >= 0.6 is 11.6 Å². The minimum absolute atomic E-state index is 0.0421. The molecule has 1 atom stereocenters. The van der Waals surface area contributed by atoms with Crippen molar-refractivity contribution in [1.29, 1.82) is 0 Å². The van der Waals surface area contributed by atoms with E-state index in [0.29, 0.717) is 5.92 Å². The van der Waals surface area contributed by atoms with Crippen LogP contribution in [-0.4, -0.2) is 30.6 Å². The molecule has 1 aliphatic heterocycles. The fourth-order valence-corrected chi connectivity index (χ4v) is 5.35. The quantitative estimate of drug-likeness (QED) is 0.376. The van der Waals surface area contributed by atoms with Gasteiger partial charge in [-0.2, -0.15) is 0 Å². The largest absolute Gasteiger partial charge is 0.343 e. The topological polar surface area (TPSA) is 32.3 Å². The van der Waals surface area contributed by atoms with Crippen LogP contribution in [0.15, 0.2) is 84.9 Å². The fourth-order valence-electron chi connectivity index (χ4n) is 5.22. The van der Waals surface area contributed by atoms with Gasteiger partial charge in [0.25, 0.3) is 0 Å². The average Bonchev–Trinajstić information content (AvgIpc) is 2.88. The van der Waals surface area contributed by atoms with Crippen LogP contribution in [0, 0.1) is 0 Å².